The molecule has 0 aromatic rings. The van der Waals surface area contributed by atoms with Gasteiger partial charge in [-0.1, -0.05) is 33.8 Å². The largest absolute Gasteiger partial charge is 0.295 e. The Kier molecular flexibility index (Phi) is 4.56. The van der Waals surface area contributed by atoms with Gasteiger partial charge in [-0.2, -0.15) is 0 Å². The molecule has 0 saturated carbocycles. The molecule has 0 bridgehead atoms. The molecule has 0 saturated heterocycles. The normalized spacial score (nSPS) is 26.6. The average Bonchev–Trinajstić information content (AvgIpc) is 2.18. The Balaban J connectivity index is 2.77. The Labute approximate surface area is 93.9 Å². The second kappa shape index (κ2) is 5.48. The minimum atomic E-state index is 0.385. The quantitative estimate of drug-likeness (QED) is 0.683. The van der Waals surface area contributed by atoms with Crippen LogP contribution >= 0.6 is 0 Å². The zero-order valence-electron chi connectivity index (χ0n) is 10.5. The molecule has 1 heteroatoms. The molecule has 1 aliphatic rings. The van der Waals surface area contributed by atoms with Crippen molar-refractivity contribution in [1.29, 1.82) is 0 Å². The minimum absolute atomic E-state index is 0.385. The molecule has 1 rings (SSSR count). The fourth-order valence-corrected chi connectivity index (χ4v) is 2.34. The van der Waals surface area contributed by atoms with Gasteiger partial charge in [-0.3, -0.25) is 4.79 Å². The first kappa shape index (κ1) is 12.5. The molecule has 1 aliphatic carbocycles. The third kappa shape index (κ3) is 3.19. The summed E-state index contributed by atoms with van der Waals surface area (Å²) >= 11 is 0. The fraction of sp³-hybridized carbons (Fsp3) is 0.786. The summed E-state index contributed by atoms with van der Waals surface area (Å²) in [5, 5.41) is 0. The summed E-state index contributed by atoms with van der Waals surface area (Å²) in [4.78, 5) is 11.9. The van der Waals surface area contributed by atoms with E-state index < -0.39 is 0 Å². The van der Waals surface area contributed by atoms with Crippen molar-refractivity contribution in [2.75, 3.05) is 0 Å². The topological polar surface area (TPSA) is 17.1 Å². The van der Waals surface area contributed by atoms with Crippen LogP contribution in [0, 0.1) is 17.8 Å². The summed E-state index contributed by atoms with van der Waals surface area (Å²) in [6.07, 6.45) is 6.39. The van der Waals surface area contributed by atoms with Crippen molar-refractivity contribution in [3.63, 3.8) is 0 Å². The lowest BCUT2D eigenvalue weighted by Crippen LogP contribution is -2.20. The molecule has 0 aliphatic heterocycles. The van der Waals surface area contributed by atoms with Crippen LogP contribution in [0.4, 0.5) is 0 Å². The molecule has 0 heterocycles. The van der Waals surface area contributed by atoms with Gasteiger partial charge >= 0.3 is 0 Å². The van der Waals surface area contributed by atoms with E-state index >= 15 is 0 Å². The molecule has 0 unspecified atom stereocenters. The van der Waals surface area contributed by atoms with Gasteiger partial charge in [0.2, 0.25) is 0 Å². The van der Waals surface area contributed by atoms with Crippen LogP contribution in [0.3, 0.4) is 0 Å². The maximum atomic E-state index is 11.9. The number of rotatable bonds is 4. The first-order valence-corrected chi connectivity index (χ1v) is 6.31. The Morgan fingerprint density at radius 1 is 1.47 bits per heavy atom. The first-order chi connectivity index (χ1) is 7.06. The van der Waals surface area contributed by atoms with E-state index in [1.165, 1.54) is 12.8 Å². The molecule has 86 valence electrons. The Morgan fingerprint density at radius 2 is 2.13 bits per heavy atom. The van der Waals surface area contributed by atoms with E-state index in [1.807, 2.05) is 0 Å². The van der Waals surface area contributed by atoms with Gasteiger partial charge in [0, 0.05) is 6.42 Å². The van der Waals surface area contributed by atoms with Crippen molar-refractivity contribution in [3.05, 3.63) is 11.6 Å². The van der Waals surface area contributed by atoms with E-state index in [4.69, 9.17) is 0 Å². The van der Waals surface area contributed by atoms with Gasteiger partial charge in [0.25, 0.3) is 0 Å². The first-order valence-electron chi connectivity index (χ1n) is 6.31. The van der Waals surface area contributed by atoms with Crippen LogP contribution in [-0.4, -0.2) is 5.78 Å². The highest BCUT2D eigenvalue weighted by molar-refractivity contribution is 5.95. The maximum Gasteiger partial charge on any atom is 0.158 e. The molecule has 0 radical (unpaired) electrons. The predicted octanol–water partition coefficient (Wildman–Crippen LogP) is 3.98. The van der Waals surface area contributed by atoms with E-state index in [0.717, 1.165) is 18.4 Å². The lowest BCUT2D eigenvalue weighted by atomic mass is 9.77. The van der Waals surface area contributed by atoms with Crippen molar-refractivity contribution in [1.82, 2.24) is 0 Å². The summed E-state index contributed by atoms with van der Waals surface area (Å²) in [5.74, 6) is 2.16. The van der Waals surface area contributed by atoms with Crippen LogP contribution in [-0.2, 0) is 4.79 Å². The number of allylic oxidation sites excluding steroid dienone is 2. The zero-order chi connectivity index (χ0) is 11.4. The highest BCUT2D eigenvalue weighted by Crippen LogP contribution is 2.33. The molecule has 0 aromatic heterocycles. The lowest BCUT2D eigenvalue weighted by Gasteiger charge is -2.28. The SMILES string of the molecule is CCCC(=O)C1=C[C@H](C(C)C)CC[C@H]1C. The molecule has 0 spiro atoms. The molecule has 0 amide bonds. The maximum absolute atomic E-state index is 11.9. The molecular weight excluding hydrogens is 184 g/mol. The zero-order valence-corrected chi connectivity index (χ0v) is 10.5. The minimum Gasteiger partial charge on any atom is -0.295 e. The standard InChI is InChI=1S/C14H24O/c1-5-6-14(15)13-9-12(10(2)3)8-7-11(13)4/h9-12H,5-8H2,1-4H3/t11-,12-/m1/s1. The van der Waals surface area contributed by atoms with Crippen LogP contribution in [0.2, 0.25) is 0 Å². The Hall–Kier alpha value is -0.590. The summed E-state index contributed by atoms with van der Waals surface area (Å²) in [6.45, 7) is 8.76. The third-order valence-corrected chi connectivity index (χ3v) is 3.51. The highest BCUT2D eigenvalue weighted by atomic mass is 16.1. The monoisotopic (exact) mass is 208 g/mol. The number of hydrogen-bond acceptors (Lipinski definition) is 1. The van der Waals surface area contributed by atoms with Crippen LogP contribution in [0.15, 0.2) is 11.6 Å². The molecule has 0 fully saturated rings. The van der Waals surface area contributed by atoms with Gasteiger partial charge in [-0.05, 0) is 42.6 Å². The molecule has 0 N–H and O–H groups in total. The Morgan fingerprint density at radius 3 is 2.67 bits per heavy atom. The summed E-state index contributed by atoms with van der Waals surface area (Å²) in [7, 11) is 0. The smallest absolute Gasteiger partial charge is 0.158 e. The van der Waals surface area contributed by atoms with Crippen molar-refractivity contribution in [2.45, 2.75) is 53.4 Å². The summed E-state index contributed by atoms with van der Waals surface area (Å²) in [6, 6.07) is 0. The van der Waals surface area contributed by atoms with Gasteiger partial charge in [0.05, 0.1) is 0 Å². The van der Waals surface area contributed by atoms with Gasteiger partial charge in [-0.25, -0.2) is 0 Å². The molecule has 2 atom stereocenters. The van der Waals surface area contributed by atoms with Gasteiger partial charge in [-0.15, -0.1) is 0 Å². The van der Waals surface area contributed by atoms with Crippen LogP contribution in [0.1, 0.15) is 53.4 Å². The van der Waals surface area contributed by atoms with Crippen molar-refractivity contribution in [2.24, 2.45) is 17.8 Å². The van der Waals surface area contributed by atoms with E-state index in [2.05, 4.69) is 33.8 Å². The number of ketones is 1. The molecule has 1 nitrogen and oxygen atoms in total. The number of carbonyl (C=O) groups is 1. The lowest BCUT2D eigenvalue weighted by molar-refractivity contribution is -0.116. The van der Waals surface area contributed by atoms with E-state index in [0.29, 0.717) is 23.5 Å². The van der Waals surface area contributed by atoms with Crippen molar-refractivity contribution >= 4 is 5.78 Å². The number of Topliss-reactive ketones (excluding diaryl/α,β-unsaturated/α-hetero) is 1. The average molecular weight is 208 g/mol. The molecular formula is C14H24O. The second-order valence-electron chi connectivity index (χ2n) is 5.18. The fourth-order valence-electron chi connectivity index (χ4n) is 2.34. The Bertz CT molecular complexity index is 250. The summed E-state index contributed by atoms with van der Waals surface area (Å²) < 4.78 is 0. The molecule has 15 heavy (non-hydrogen) atoms. The van der Waals surface area contributed by atoms with Crippen molar-refractivity contribution in [3.8, 4) is 0 Å². The van der Waals surface area contributed by atoms with E-state index in [-0.39, 0.29) is 0 Å². The van der Waals surface area contributed by atoms with Crippen molar-refractivity contribution < 1.29 is 4.79 Å². The van der Waals surface area contributed by atoms with Crippen LogP contribution < -0.4 is 0 Å². The van der Waals surface area contributed by atoms with Crippen LogP contribution in [0.5, 0.6) is 0 Å². The van der Waals surface area contributed by atoms with Crippen LogP contribution in [0.25, 0.3) is 0 Å². The van der Waals surface area contributed by atoms with Gasteiger partial charge in [0.15, 0.2) is 5.78 Å². The van der Waals surface area contributed by atoms with Gasteiger partial charge in [0.1, 0.15) is 0 Å². The molecule has 0 aromatic carbocycles. The number of carbonyl (C=O) groups excluding carboxylic acids is 1. The van der Waals surface area contributed by atoms with E-state index in [9.17, 15) is 4.79 Å². The predicted molar refractivity (Wildman–Crippen MR) is 64.7 cm³/mol. The third-order valence-electron chi connectivity index (χ3n) is 3.51. The number of hydrogen-bond donors (Lipinski definition) is 0. The summed E-state index contributed by atoms with van der Waals surface area (Å²) in [5.41, 5.74) is 1.11. The highest BCUT2D eigenvalue weighted by Gasteiger charge is 2.24. The van der Waals surface area contributed by atoms with E-state index in [1.54, 1.807) is 0 Å². The van der Waals surface area contributed by atoms with Gasteiger partial charge < -0.3 is 0 Å². The second-order valence-corrected chi connectivity index (χ2v) is 5.18.